The summed E-state index contributed by atoms with van der Waals surface area (Å²) in [7, 11) is 1.52. The van der Waals surface area contributed by atoms with Crippen LogP contribution in [0.4, 0.5) is 26.3 Å². The van der Waals surface area contributed by atoms with E-state index in [1.165, 1.54) is 17.8 Å². The number of nitrogens with zero attached hydrogens (tertiary/aromatic N) is 3. The largest absolute Gasteiger partial charge is 0.449 e. The van der Waals surface area contributed by atoms with Crippen molar-refractivity contribution in [3.05, 3.63) is 68.1 Å². The van der Waals surface area contributed by atoms with Gasteiger partial charge in [-0.05, 0) is 30.3 Å². The van der Waals surface area contributed by atoms with Gasteiger partial charge in [0.15, 0.2) is 11.5 Å². The summed E-state index contributed by atoms with van der Waals surface area (Å²) in [6, 6.07) is 6.74. The van der Waals surface area contributed by atoms with Crippen LogP contribution in [0.2, 0.25) is 10.0 Å². The van der Waals surface area contributed by atoms with Gasteiger partial charge in [0.1, 0.15) is 11.4 Å². The van der Waals surface area contributed by atoms with Crippen LogP contribution in [0.15, 0.2) is 41.2 Å². The predicted molar refractivity (Wildman–Crippen MR) is 111 cm³/mol. The van der Waals surface area contributed by atoms with E-state index in [4.69, 9.17) is 27.9 Å². The van der Waals surface area contributed by atoms with Crippen molar-refractivity contribution < 1.29 is 31.1 Å². The summed E-state index contributed by atoms with van der Waals surface area (Å²) >= 11 is 11.7. The Balaban J connectivity index is 1.89. The third kappa shape index (κ3) is 4.30. The summed E-state index contributed by atoms with van der Waals surface area (Å²) in [5, 5.41) is 3.79. The van der Waals surface area contributed by atoms with Gasteiger partial charge in [0.25, 0.3) is 5.56 Å². The molecule has 0 aliphatic carbocycles. The molecule has 178 valence electrons. The molecule has 0 fully saturated rings. The highest BCUT2D eigenvalue weighted by atomic mass is 35.5. The van der Waals surface area contributed by atoms with Crippen molar-refractivity contribution in [3.63, 3.8) is 0 Å². The van der Waals surface area contributed by atoms with Crippen molar-refractivity contribution in [2.45, 2.75) is 12.4 Å². The average molecular weight is 523 g/mol. The lowest BCUT2D eigenvalue weighted by Gasteiger charge is -2.15. The molecule has 2 aromatic carbocycles. The van der Waals surface area contributed by atoms with Crippen molar-refractivity contribution in [3.8, 4) is 23.0 Å². The molecule has 0 radical (unpaired) electrons. The number of nitrogens with one attached hydrogen (secondary N) is 1. The van der Waals surface area contributed by atoms with Crippen LogP contribution in [-0.4, -0.2) is 19.7 Å². The molecule has 2 aromatic heterocycles. The van der Waals surface area contributed by atoms with E-state index in [9.17, 15) is 31.1 Å². The molecular formula is C20H10Cl2F6N4O2. The highest BCUT2D eigenvalue weighted by Crippen LogP contribution is 2.40. The topological polar surface area (TPSA) is 72.8 Å². The number of hydrogen-bond acceptors (Lipinski definition) is 4. The molecule has 1 N–H and O–H groups in total. The van der Waals surface area contributed by atoms with Gasteiger partial charge < -0.3 is 9.72 Å². The Labute approximate surface area is 195 Å². The van der Waals surface area contributed by atoms with Gasteiger partial charge in [-0.25, -0.2) is 4.98 Å². The first-order valence-corrected chi connectivity index (χ1v) is 9.90. The number of ether oxygens (including phenoxy) is 1. The van der Waals surface area contributed by atoms with E-state index in [0.717, 1.165) is 12.1 Å². The van der Waals surface area contributed by atoms with Gasteiger partial charge in [0, 0.05) is 12.4 Å². The van der Waals surface area contributed by atoms with Gasteiger partial charge in [-0.3, -0.25) is 9.48 Å². The zero-order chi connectivity index (χ0) is 25.0. The first kappa shape index (κ1) is 23.9. The fourth-order valence-electron chi connectivity index (χ4n) is 3.20. The van der Waals surface area contributed by atoms with Gasteiger partial charge in [-0.15, -0.1) is 0 Å². The Morgan fingerprint density at radius 2 is 1.71 bits per heavy atom. The Bertz CT molecular complexity index is 1480. The average Bonchev–Trinajstić information content (AvgIpc) is 3.07. The van der Waals surface area contributed by atoms with E-state index in [1.54, 1.807) is 12.1 Å². The van der Waals surface area contributed by atoms with Crippen LogP contribution in [0.5, 0.6) is 11.5 Å². The second kappa shape index (κ2) is 8.20. The minimum Gasteiger partial charge on any atom is -0.449 e. The third-order valence-corrected chi connectivity index (χ3v) is 5.30. The number of hydrogen-bond donors (Lipinski definition) is 1. The first-order valence-electron chi connectivity index (χ1n) is 9.15. The smallest absolute Gasteiger partial charge is 0.437 e. The molecule has 0 saturated heterocycles. The van der Waals surface area contributed by atoms with Crippen LogP contribution in [0.3, 0.4) is 0 Å². The number of halogens is 8. The summed E-state index contributed by atoms with van der Waals surface area (Å²) in [6.07, 6.45) is -10.1. The van der Waals surface area contributed by atoms with E-state index in [2.05, 4.69) is 15.1 Å². The van der Waals surface area contributed by atoms with E-state index >= 15 is 0 Å². The fourth-order valence-corrected chi connectivity index (χ4v) is 3.68. The molecule has 0 aliphatic rings. The molecule has 6 nitrogen and oxygen atoms in total. The maximum atomic E-state index is 13.8. The van der Waals surface area contributed by atoms with Gasteiger partial charge in [-0.1, -0.05) is 29.3 Å². The second-order valence-electron chi connectivity index (χ2n) is 6.94. The van der Waals surface area contributed by atoms with Crippen molar-refractivity contribution in [2.24, 2.45) is 7.05 Å². The number of aromatic amines is 1. The Morgan fingerprint density at radius 1 is 1.00 bits per heavy atom. The van der Waals surface area contributed by atoms with Crippen LogP contribution in [-0.2, 0) is 19.4 Å². The Hall–Kier alpha value is -3.25. The fraction of sp³-hybridized carbons (Fsp3) is 0.150. The SMILES string of the molecule is Cn1nc(-c2nc(C(F)(F)F)c(Oc3ccc(Cl)c(C(F)(F)F)c3)c(=O)[nH]2)c2c(Cl)cccc21. The number of aromatic nitrogens is 4. The standard InChI is InChI=1S/C20H10Cl2F6N4O2/c1-32-12-4-2-3-11(22)13(12)14(31-32)17-29-16(20(26,27)28)15(18(33)30-17)34-8-5-6-10(21)9(7-8)19(23,24)25/h2-7H,1H3,(H,29,30,33). The van der Waals surface area contributed by atoms with Crippen LogP contribution >= 0.6 is 23.2 Å². The van der Waals surface area contributed by atoms with Crippen molar-refractivity contribution >= 4 is 34.1 Å². The molecule has 4 rings (SSSR count). The predicted octanol–water partition coefficient (Wildman–Crippen LogP) is 6.46. The lowest BCUT2D eigenvalue weighted by atomic mass is 10.2. The molecule has 0 spiro atoms. The molecule has 0 bridgehead atoms. The molecule has 14 heteroatoms. The lowest BCUT2D eigenvalue weighted by Crippen LogP contribution is -2.21. The normalized spacial score (nSPS) is 12.4. The van der Waals surface area contributed by atoms with E-state index in [1.807, 2.05) is 0 Å². The number of rotatable bonds is 3. The minimum atomic E-state index is -5.20. The monoisotopic (exact) mass is 522 g/mol. The van der Waals surface area contributed by atoms with Gasteiger partial charge >= 0.3 is 12.4 Å². The minimum absolute atomic E-state index is 0.136. The number of H-pyrrole nitrogens is 1. The molecular weight excluding hydrogens is 513 g/mol. The zero-order valence-corrected chi connectivity index (χ0v) is 18.2. The van der Waals surface area contributed by atoms with Crippen LogP contribution in [0.1, 0.15) is 11.3 Å². The first-order chi connectivity index (χ1) is 15.8. The molecule has 0 atom stereocenters. The van der Waals surface area contributed by atoms with Gasteiger partial charge in [0.2, 0.25) is 5.75 Å². The summed E-state index contributed by atoms with van der Waals surface area (Å²) in [5.41, 5.74) is -4.19. The lowest BCUT2D eigenvalue weighted by molar-refractivity contribution is -0.142. The number of benzene rings is 2. The quantitative estimate of drug-likeness (QED) is 0.313. The molecule has 0 unspecified atom stereocenters. The summed E-state index contributed by atoms with van der Waals surface area (Å²) in [5.74, 6) is -2.61. The number of alkyl halides is 6. The summed E-state index contributed by atoms with van der Waals surface area (Å²) in [4.78, 5) is 18.2. The van der Waals surface area contributed by atoms with E-state index in [-0.39, 0.29) is 16.1 Å². The summed E-state index contributed by atoms with van der Waals surface area (Å²) < 4.78 is 87.0. The highest BCUT2D eigenvalue weighted by Gasteiger charge is 2.40. The summed E-state index contributed by atoms with van der Waals surface area (Å²) in [6.45, 7) is 0. The molecule has 2 heterocycles. The van der Waals surface area contributed by atoms with Crippen LogP contribution < -0.4 is 10.3 Å². The van der Waals surface area contributed by atoms with E-state index in [0.29, 0.717) is 11.6 Å². The van der Waals surface area contributed by atoms with Gasteiger partial charge in [-0.2, -0.15) is 31.4 Å². The maximum absolute atomic E-state index is 13.8. The Kier molecular flexibility index (Phi) is 5.76. The second-order valence-corrected chi connectivity index (χ2v) is 7.75. The molecule has 0 aliphatic heterocycles. The van der Waals surface area contributed by atoms with Crippen LogP contribution in [0.25, 0.3) is 22.4 Å². The number of aryl methyl sites for hydroxylation is 1. The zero-order valence-electron chi connectivity index (χ0n) is 16.6. The molecule has 0 amide bonds. The van der Waals surface area contributed by atoms with Crippen molar-refractivity contribution in [1.82, 2.24) is 19.7 Å². The molecule has 4 aromatic rings. The Morgan fingerprint density at radius 3 is 2.35 bits per heavy atom. The van der Waals surface area contributed by atoms with Gasteiger partial charge in [0.05, 0.1) is 21.1 Å². The van der Waals surface area contributed by atoms with Crippen molar-refractivity contribution in [1.29, 1.82) is 0 Å². The van der Waals surface area contributed by atoms with E-state index < -0.39 is 51.5 Å². The number of fused-ring (bicyclic) bond motifs is 1. The third-order valence-electron chi connectivity index (χ3n) is 4.66. The highest BCUT2D eigenvalue weighted by molar-refractivity contribution is 6.36. The van der Waals surface area contributed by atoms with Crippen LogP contribution in [0, 0.1) is 0 Å². The molecule has 0 saturated carbocycles. The molecule has 34 heavy (non-hydrogen) atoms. The van der Waals surface area contributed by atoms with Crippen molar-refractivity contribution in [2.75, 3.05) is 0 Å². The maximum Gasteiger partial charge on any atom is 0.437 e.